The maximum Gasteiger partial charge on any atom is 0.295 e. The van der Waals surface area contributed by atoms with Crippen LogP contribution in [-0.4, -0.2) is 53.8 Å². The third-order valence-electron chi connectivity index (χ3n) is 4.95. The minimum absolute atomic E-state index is 0.124. The molecule has 1 fully saturated rings. The van der Waals surface area contributed by atoms with Crippen LogP contribution in [0, 0.1) is 6.92 Å². The number of hydrogen-bond donors (Lipinski definition) is 1. The first kappa shape index (κ1) is 19.8. The van der Waals surface area contributed by atoms with Gasteiger partial charge in [0.1, 0.15) is 5.76 Å². The van der Waals surface area contributed by atoms with Crippen LogP contribution in [0.5, 0.6) is 0 Å². The van der Waals surface area contributed by atoms with Crippen LogP contribution >= 0.6 is 0 Å². The number of nitrogens with zero attached hydrogens (tertiary/aromatic N) is 2. The molecule has 1 amide bonds. The Morgan fingerprint density at radius 1 is 1.07 bits per heavy atom. The van der Waals surface area contributed by atoms with Gasteiger partial charge in [0, 0.05) is 12.1 Å². The number of carbonyl (C=O) groups excluding carboxylic acids is 2. The number of hydrogen-bond acceptors (Lipinski definition) is 4. The van der Waals surface area contributed by atoms with Crippen LogP contribution in [0.15, 0.2) is 60.2 Å². The standard InChI is InChI=1S/C23H26N2O3/c1-16-9-7-12-18(15-16)20-19(21(26)17-10-5-4-6-11-17)22(27)23(28)25(20)14-8-13-24(2)3/h4-7,9-12,15,20,26H,8,13-14H2,1-3H3/b21-19-. The summed E-state index contributed by atoms with van der Waals surface area (Å²) in [5.74, 6) is -1.30. The van der Waals surface area contributed by atoms with Crippen molar-refractivity contribution in [2.75, 3.05) is 27.2 Å². The van der Waals surface area contributed by atoms with Crippen LogP contribution in [-0.2, 0) is 9.59 Å². The van der Waals surface area contributed by atoms with E-state index in [0.29, 0.717) is 12.1 Å². The highest BCUT2D eigenvalue weighted by atomic mass is 16.3. The SMILES string of the molecule is Cc1cccc(C2/C(=C(/O)c3ccccc3)C(=O)C(=O)N2CCCN(C)C)c1. The summed E-state index contributed by atoms with van der Waals surface area (Å²) in [7, 11) is 3.95. The molecule has 1 atom stereocenters. The second kappa shape index (κ2) is 8.40. The van der Waals surface area contributed by atoms with Gasteiger partial charge in [-0.2, -0.15) is 0 Å². The van der Waals surface area contributed by atoms with Gasteiger partial charge in [-0.25, -0.2) is 0 Å². The highest BCUT2D eigenvalue weighted by molar-refractivity contribution is 6.46. The van der Waals surface area contributed by atoms with Crippen LogP contribution < -0.4 is 0 Å². The molecule has 5 nitrogen and oxygen atoms in total. The van der Waals surface area contributed by atoms with Gasteiger partial charge in [0.2, 0.25) is 0 Å². The molecule has 5 heteroatoms. The lowest BCUT2D eigenvalue weighted by atomic mass is 9.94. The normalized spacial score (nSPS) is 18.9. The minimum atomic E-state index is -0.627. The lowest BCUT2D eigenvalue weighted by molar-refractivity contribution is -0.139. The second-order valence-electron chi connectivity index (χ2n) is 7.43. The summed E-state index contributed by atoms with van der Waals surface area (Å²) in [5.41, 5.74) is 2.57. The topological polar surface area (TPSA) is 60.9 Å². The maximum atomic E-state index is 12.9. The Morgan fingerprint density at radius 2 is 1.79 bits per heavy atom. The van der Waals surface area contributed by atoms with Crippen molar-refractivity contribution < 1.29 is 14.7 Å². The van der Waals surface area contributed by atoms with Crippen LogP contribution in [0.4, 0.5) is 0 Å². The summed E-state index contributed by atoms with van der Waals surface area (Å²) < 4.78 is 0. The zero-order valence-electron chi connectivity index (χ0n) is 16.6. The first-order valence-corrected chi connectivity index (χ1v) is 9.45. The van der Waals surface area contributed by atoms with Crippen molar-refractivity contribution >= 4 is 17.4 Å². The smallest absolute Gasteiger partial charge is 0.295 e. The number of aliphatic hydroxyl groups excluding tert-OH is 1. The van der Waals surface area contributed by atoms with E-state index in [-0.39, 0.29) is 11.3 Å². The zero-order valence-corrected chi connectivity index (χ0v) is 16.6. The molecule has 1 unspecified atom stereocenters. The third-order valence-corrected chi connectivity index (χ3v) is 4.95. The molecule has 0 bridgehead atoms. The second-order valence-corrected chi connectivity index (χ2v) is 7.43. The average molecular weight is 378 g/mol. The number of aliphatic hydroxyl groups is 1. The number of ketones is 1. The first-order valence-electron chi connectivity index (χ1n) is 9.45. The fraction of sp³-hybridized carbons (Fsp3) is 0.304. The summed E-state index contributed by atoms with van der Waals surface area (Å²) in [6.45, 7) is 3.23. The molecule has 0 aromatic heterocycles. The number of Topliss-reactive ketones (excluding diaryl/α,β-unsaturated/α-hetero) is 1. The summed E-state index contributed by atoms with van der Waals surface area (Å²) >= 11 is 0. The predicted octanol–water partition coefficient (Wildman–Crippen LogP) is 3.37. The van der Waals surface area contributed by atoms with Crippen LogP contribution in [0.3, 0.4) is 0 Å². The van der Waals surface area contributed by atoms with Gasteiger partial charge in [0.05, 0.1) is 11.6 Å². The minimum Gasteiger partial charge on any atom is -0.507 e. The van der Waals surface area contributed by atoms with E-state index in [1.807, 2.05) is 56.3 Å². The zero-order chi connectivity index (χ0) is 20.3. The monoisotopic (exact) mass is 378 g/mol. The Morgan fingerprint density at radius 3 is 2.43 bits per heavy atom. The Hall–Kier alpha value is -2.92. The molecule has 1 aliphatic heterocycles. The van der Waals surface area contributed by atoms with Gasteiger partial charge in [-0.15, -0.1) is 0 Å². The van der Waals surface area contributed by atoms with E-state index >= 15 is 0 Å². The molecule has 2 aromatic rings. The fourth-order valence-electron chi connectivity index (χ4n) is 3.61. The molecule has 1 saturated heterocycles. The molecule has 1 N–H and O–H groups in total. The summed E-state index contributed by atoms with van der Waals surface area (Å²) in [6.07, 6.45) is 0.744. The maximum absolute atomic E-state index is 12.9. The molecule has 2 aromatic carbocycles. The molecule has 1 aliphatic rings. The molecule has 0 radical (unpaired) electrons. The fourth-order valence-corrected chi connectivity index (χ4v) is 3.61. The van der Waals surface area contributed by atoms with Gasteiger partial charge in [-0.1, -0.05) is 60.2 Å². The first-order chi connectivity index (χ1) is 13.4. The molecule has 1 heterocycles. The highest BCUT2D eigenvalue weighted by Crippen LogP contribution is 2.39. The van der Waals surface area contributed by atoms with E-state index in [4.69, 9.17) is 0 Å². The number of amides is 1. The number of aryl methyl sites for hydroxylation is 1. The number of benzene rings is 2. The highest BCUT2D eigenvalue weighted by Gasteiger charge is 2.45. The van der Waals surface area contributed by atoms with E-state index < -0.39 is 17.7 Å². The molecular formula is C23H26N2O3. The van der Waals surface area contributed by atoms with Crippen LogP contribution in [0.1, 0.15) is 29.2 Å². The molecule has 0 spiro atoms. The Labute approximate surface area is 165 Å². The van der Waals surface area contributed by atoms with Gasteiger partial charge in [0.25, 0.3) is 11.7 Å². The number of carbonyl (C=O) groups is 2. The predicted molar refractivity (Wildman–Crippen MR) is 110 cm³/mol. The lowest BCUT2D eigenvalue weighted by Gasteiger charge is -2.26. The lowest BCUT2D eigenvalue weighted by Crippen LogP contribution is -2.32. The Balaban J connectivity index is 2.08. The van der Waals surface area contributed by atoms with E-state index in [1.165, 1.54) is 0 Å². The summed E-state index contributed by atoms with van der Waals surface area (Å²) in [4.78, 5) is 29.3. The molecule has 0 saturated carbocycles. The van der Waals surface area contributed by atoms with Crippen molar-refractivity contribution in [2.24, 2.45) is 0 Å². The van der Waals surface area contributed by atoms with Gasteiger partial charge in [-0.3, -0.25) is 9.59 Å². The van der Waals surface area contributed by atoms with Crippen molar-refractivity contribution in [3.8, 4) is 0 Å². The van der Waals surface area contributed by atoms with Crippen molar-refractivity contribution in [3.05, 3.63) is 76.9 Å². The number of likely N-dealkylation sites (tertiary alicyclic amines) is 1. The summed E-state index contributed by atoms with van der Waals surface area (Å²) in [5, 5.41) is 10.9. The number of rotatable bonds is 6. The Kier molecular flexibility index (Phi) is 5.95. The van der Waals surface area contributed by atoms with Gasteiger partial charge in [0.15, 0.2) is 0 Å². The van der Waals surface area contributed by atoms with Crippen molar-refractivity contribution in [1.82, 2.24) is 9.80 Å². The van der Waals surface area contributed by atoms with Crippen LogP contribution in [0.2, 0.25) is 0 Å². The van der Waals surface area contributed by atoms with Crippen LogP contribution in [0.25, 0.3) is 5.76 Å². The van der Waals surface area contributed by atoms with E-state index in [2.05, 4.69) is 0 Å². The van der Waals surface area contributed by atoms with E-state index in [1.54, 1.807) is 29.2 Å². The largest absolute Gasteiger partial charge is 0.507 e. The van der Waals surface area contributed by atoms with Crippen molar-refractivity contribution in [3.63, 3.8) is 0 Å². The van der Waals surface area contributed by atoms with Gasteiger partial charge >= 0.3 is 0 Å². The third kappa shape index (κ3) is 3.99. The molecule has 28 heavy (non-hydrogen) atoms. The quantitative estimate of drug-likeness (QED) is 0.476. The average Bonchev–Trinajstić information content (AvgIpc) is 2.93. The molecular weight excluding hydrogens is 352 g/mol. The molecule has 0 aliphatic carbocycles. The Bertz CT molecular complexity index is 903. The van der Waals surface area contributed by atoms with Crippen molar-refractivity contribution in [2.45, 2.75) is 19.4 Å². The molecule has 3 rings (SSSR count). The summed E-state index contributed by atoms with van der Waals surface area (Å²) in [6, 6.07) is 16.1. The van der Waals surface area contributed by atoms with Crippen molar-refractivity contribution in [1.29, 1.82) is 0 Å². The van der Waals surface area contributed by atoms with Gasteiger partial charge < -0.3 is 14.9 Å². The van der Waals surface area contributed by atoms with E-state index in [9.17, 15) is 14.7 Å². The van der Waals surface area contributed by atoms with E-state index in [0.717, 1.165) is 24.1 Å². The molecule has 146 valence electrons. The van der Waals surface area contributed by atoms with Gasteiger partial charge in [-0.05, 0) is 39.5 Å².